The van der Waals surface area contributed by atoms with Crippen LogP contribution >= 0.6 is 0 Å². The highest BCUT2D eigenvalue weighted by Crippen LogP contribution is 2.29. The Balaban J connectivity index is 0.884. The number of hydrogen-bond acceptors (Lipinski definition) is 10. The summed E-state index contributed by atoms with van der Waals surface area (Å²) in [7, 11) is 0. The second-order valence-corrected chi connectivity index (χ2v) is 17.0. The van der Waals surface area contributed by atoms with E-state index in [2.05, 4.69) is 72.8 Å². The minimum atomic E-state index is -0.433. The Labute approximate surface area is 401 Å². The molecule has 2 aliphatic rings. The van der Waals surface area contributed by atoms with Crippen molar-refractivity contribution < 1.29 is 47.4 Å². The van der Waals surface area contributed by atoms with E-state index in [1.165, 1.54) is 0 Å². The van der Waals surface area contributed by atoms with Gasteiger partial charge in [-0.15, -0.1) is 0 Å². The molecule has 6 aromatic carbocycles. The summed E-state index contributed by atoms with van der Waals surface area (Å²) in [4.78, 5) is 0. The summed E-state index contributed by atoms with van der Waals surface area (Å²) in [5, 5.41) is 0. The molecule has 0 aromatic heterocycles. The Kier molecular flexibility index (Phi) is 19.9. The van der Waals surface area contributed by atoms with Crippen molar-refractivity contribution in [3.63, 3.8) is 0 Å². The topological polar surface area (TPSA) is 92.3 Å². The minimum Gasteiger partial charge on any atom is -0.375 e. The summed E-state index contributed by atoms with van der Waals surface area (Å²) < 4.78 is 64.9. The molecule has 2 fully saturated rings. The largest absolute Gasteiger partial charge is 0.375 e. The molecule has 2 aliphatic heterocycles. The van der Waals surface area contributed by atoms with Crippen LogP contribution in [0.5, 0.6) is 0 Å². The van der Waals surface area contributed by atoms with Gasteiger partial charge in [0.1, 0.15) is 48.8 Å². The molecule has 10 nitrogen and oxygen atoms in total. The fraction of sp³-hybridized carbons (Fsp3) is 0.345. The van der Waals surface area contributed by atoms with Crippen LogP contribution < -0.4 is 0 Å². The number of benzene rings is 6. The van der Waals surface area contributed by atoms with Crippen LogP contribution in [-0.2, 0) is 87.0 Å². The van der Waals surface area contributed by atoms with E-state index in [1.807, 2.05) is 121 Å². The molecule has 0 saturated carbocycles. The molecule has 2 saturated heterocycles. The molecule has 68 heavy (non-hydrogen) atoms. The Morgan fingerprint density at radius 2 is 0.647 bits per heavy atom. The van der Waals surface area contributed by atoms with Gasteiger partial charge in [-0.05, 0) is 33.4 Å². The zero-order chi connectivity index (χ0) is 46.3. The molecule has 0 unspecified atom stereocenters. The van der Waals surface area contributed by atoms with Crippen LogP contribution in [0.2, 0.25) is 0 Å². The van der Waals surface area contributed by atoms with E-state index < -0.39 is 24.4 Å². The lowest BCUT2D eigenvalue weighted by atomic mass is 10.1. The van der Waals surface area contributed by atoms with Gasteiger partial charge in [-0.2, -0.15) is 0 Å². The molecule has 6 aromatic rings. The van der Waals surface area contributed by atoms with Crippen LogP contribution in [0.3, 0.4) is 0 Å². The van der Waals surface area contributed by atoms with Gasteiger partial charge in [0.25, 0.3) is 0 Å². The standard InChI is InChI=1S/C58H64O10/c1-7-21-45(22-8-1)35-61-51(55-57(65-39-49-29-15-5-16-30-49)53(43-67-55)63-37-47-25-11-3-12-26-47)41-59-33-19-20-34-60-42-52(62-36-46-23-9-2-10-24-46)56-58(66-40-50-31-17-6-18-32-50)54(44-68-56)64-38-48-27-13-4-14-28-48/h1-32,51-58H,33-44H2/b20-19+/t51-,52-,53+,54+,55-,56-,57-,58-/m1/s1. The molecule has 8 atom stereocenters. The van der Waals surface area contributed by atoms with Crippen molar-refractivity contribution in [2.24, 2.45) is 0 Å². The second kappa shape index (κ2) is 27.6. The van der Waals surface area contributed by atoms with Gasteiger partial charge in [-0.25, -0.2) is 0 Å². The summed E-state index contributed by atoms with van der Waals surface area (Å²) >= 11 is 0. The lowest BCUT2D eigenvalue weighted by Gasteiger charge is -2.30. The second-order valence-electron chi connectivity index (χ2n) is 17.0. The number of hydrogen-bond donors (Lipinski definition) is 0. The quantitative estimate of drug-likeness (QED) is 0.0350. The first-order chi connectivity index (χ1) is 33.7. The zero-order valence-electron chi connectivity index (χ0n) is 38.7. The smallest absolute Gasteiger partial charge is 0.115 e. The summed E-state index contributed by atoms with van der Waals surface area (Å²) in [6.07, 6.45) is 0.845. The molecule has 356 valence electrons. The van der Waals surface area contributed by atoms with Gasteiger partial charge in [0.2, 0.25) is 0 Å². The molecule has 0 spiro atoms. The molecule has 0 radical (unpaired) electrons. The maximum absolute atomic E-state index is 6.63. The van der Waals surface area contributed by atoms with E-state index in [0.29, 0.717) is 66.1 Å². The number of ether oxygens (including phenoxy) is 10. The van der Waals surface area contributed by atoms with E-state index in [-0.39, 0.29) is 37.6 Å². The monoisotopic (exact) mass is 920 g/mol. The lowest BCUT2D eigenvalue weighted by molar-refractivity contribution is -0.135. The SMILES string of the molecule is C(=C\COC[C@@H](OCc1ccccc1)[C@H]1OC[C@H](OCc2ccccc2)[C@H]1OCc1ccccc1)/COC[C@@H](OCc1ccccc1)[C@H]1OC[C@H](OCc2ccccc2)[C@H]1OCc1ccccc1. The molecule has 0 bridgehead atoms. The third-order valence-corrected chi connectivity index (χ3v) is 12.0. The molecule has 2 heterocycles. The van der Waals surface area contributed by atoms with Gasteiger partial charge in [-0.3, -0.25) is 0 Å². The average Bonchev–Trinajstić information content (AvgIpc) is 4.01. The lowest BCUT2D eigenvalue weighted by Crippen LogP contribution is -2.44. The molecule has 0 amide bonds. The zero-order valence-corrected chi connectivity index (χ0v) is 38.7. The van der Waals surface area contributed by atoms with Gasteiger partial charge in [-0.1, -0.05) is 194 Å². The van der Waals surface area contributed by atoms with E-state index in [0.717, 1.165) is 33.4 Å². The van der Waals surface area contributed by atoms with Crippen molar-refractivity contribution in [1.82, 2.24) is 0 Å². The third-order valence-electron chi connectivity index (χ3n) is 12.0. The predicted octanol–water partition coefficient (Wildman–Crippen LogP) is 9.89. The Morgan fingerprint density at radius 3 is 0.956 bits per heavy atom. The predicted molar refractivity (Wildman–Crippen MR) is 260 cm³/mol. The van der Waals surface area contributed by atoms with Gasteiger partial charge < -0.3 is 47.4 Å². The number of rotatable bonds is 28. The van der Waals surface area contributed by atoms with E-state index >= 15 is 0 Å². The molecular formula is C58H64O10. The highest BCUT2D eigenvalue weighted by atomic mass is 16.6. The molecule has 0 aliphatic carbocycles. The van der Waals surface area contributed by atoms with Gasteiger partial charge in [0.15, 0.2) is 0 Å². The van der Waals surface area contributed by atoms with Crippen LogP contribution in [0.4, 0.5) is 0 Å². The van der Waals surface area contributed by atoms with Crippen molar-refractivity contribution in [1.29, 1.82) is 0 Å². The first-order valence-electron chi connectivity index (χ1n) is 23.7. The van der Waals surface area contributed by atoms with Crippen LogP contribution in [-0.4, -0.2) is 88.5 Å². The van der Waals surface area contributed by atoms with Crippen LogP contribution in [0.1, 0.15) is 33.4 Å². The van der Waals surface area contributed by atoms with E-state index in [1.54, 1.807) is 0 Å². The summed E-state index contributed by atoms with van der Waals surface area (Å²) in [5.41, 5.74) is 6.44. The third kappa shape index (κ3) is 15.6. The average molecular weight is 921 g/mol. The molecular weight excluding hydrogens is 857 g/mol. The Bertz CT molecular complexity index is 2110. The summed E-state index contributed by atoms with van der Waals surface area (Å²) in [6.45, 7) is 4.55. The maximum atomic E-state index is 6.63. The van der Waals surface area contributed by atoms with Crippen LogP contribution in [0.15, 0.2) is 194 Å². The molecule has 0 N–H and O–H groups in total. The van der Waals surface area contributed by atoms with Crippen molar-refractivity contribution in [2.75, 3.05) is 39.6 Å². The van der Waals surface area contributed by atoms with Crippen molar-refractivity contribution in [3.05, 3.63) is 228 Å². The first kappa shape index (κ1) is 49.1. The molecule has 8 rings (SSSR count). The summed E-state index contributed by atoms with van der Waals surface area (Å²) in [5.74, 6) is 0. The minimum absolute atomic E-state index is 0.283. The fourth-order valence-corrected chi connectivity index (χ4v) is 8.30. The highest BCUT2D eigenvalue weighted by molar-refractivity contribution is 5.18. The molecule has 10 heteroatoms. The first-order valence-corrected chi connectivity index (χ1v) is 23.7. The van der Waals surface area contributed by atoms with Gasteiger partial charge in [0.05, 0.1) is 79.3 Å². The maximum Gasteiger partial charge on any atom is 0.115 e. The Morgan fingerprint density at radius 1 is 0.368 bits per heavy atom. The van der Waals surface area contributed by atoms with Crippen molar-refractivity contribution in [3.8, 4) is 0 Å². The van der Waals surface area contributed by atoms with E-state index in [4.69, 9.17) is 47.4 Å². The van der Waals surface area contributed by atoms with Crippen molar-refractivity contribution >= 4 is 0 Å². The van der Waals surface area contributed by atoms with Crippen LogP contribution in [0, 0.1) is 0 Å². The van der Waals surface area contributed by atoms with Gasteiger partial charge >= 0.3 is 0 Å². The fourth-order valence-electron chi connectivity index (χ4n) is 8.30. The van der Waals surface area contributed by atoms with E-state index in [9.17, 15) is 0 Å². The Hall–Kier alpha value is -5.34. The van der Waals surface area contributed by atoms with Crippen LogP contribution in [0.25, 0.3) is 0 Å². The normalized spacial score (nSPS) is 21.3. The van der Waals surface area contributed by atoms with Gasteiger partial charge in [0, 0.05) is 0 Å². The highest BCUT2D eigenvalue weighted by Gasteiger charge is 2.45. The summed E-state index contributed by atoms with van der Waals surface area (Å²) in [6, 6.07) is 60.9. The van der Waals surface area contributed by atoms with Crippen molar-refractivity contribution in [2.45, 2.75) is 88.5 Å².